The van der Waals surface area contributed by atoms with Gasteiger partial charge in [-0.3, -0.25) is 34.2 Å². The number of hydrogen-bond donors (Lipinski definition) is 2. The zero-order valence-electron chi connectivity index (χ0n) is 72.9. The predicted molar refractivity (Wildman–Crippen MR) is 474 cm³/mol. The number of fused-ring (bicyclic) bond motifs is 3. The van der Waals surface area contributed by atoms with E-state index in [0.29, 0.717) is 148 Å². The fraction of sp³-hybridized carbons (Fsp3) is 0.319. The Kier molecular flexibility index (Phi) is 27.9. The van der Waals surface area contributed by atoms with Gasteiger partial charge in [0.15, 0.2) is 16.7 Å². The van der Waals surface area contributed by atoms with Crippen LogP contribution in [-0.4, -0.2) is 228 Å². The molecular weight excluding hydrogens is 1620 g/mol. The smallest absolute Gasteiger partial charge is 0.494 e. The quantitative estimate of drug-likeness (QED) is 0.0753. The third-order valence-electron chi connectivity index (χ3n) is 21.2. The van der Waals surface area contributed by atoms with Crippen molar-refractivity contribution in [2.24, 2.45) is 0 Å². The number of rotatable bonds is 18. The molecule has 0 saturated carbocycles. The van der Waals surface area contributed by atoms with E-state index in [0.717, 1.165) is 66.6 Å². The van der Waals surface area contributed by atoms with Crippen molar-refractivity contribution in [3.8, 4) is 109 Å². The number of likely N-dealkylation sites (N-methyl/N-ethyl adjacent to an activating group) is 1. The third-order valence-corrected chi connectivity index (χ3v) is 21.5. The lowest BCUT2D eigenvalue weighted by Crippen LogP contribution is -2.57. The van der Waals surface area contributed by atoms with Crippen LogP contribution in [0.25, 0.3) is 89.5 Å². The van der Waals surface area contributed by atoms with E-state index in [9.17, 15) is 35.0 Å². The van der Waals surface area contributed by atoms with Gasteiger partial charge in [-0.05, 0) is 181 Å². The van der Waals surface area contributed by atoms with Gasteiger partial charge in [0.25, 0.3) is 17.7 Å². The number of hydrogen-bond acceptors (Lipinski definition) is 25. The first-order chi connectivity index (χ1) is 59.7. The van der Waals surface area contributed by atoms with Gasteiger partial charge in [0.1, 0.15) is 110 Å². The standard InChI is InChI=1S/C28H26N4O4.C27H24N4O4.C21H29BN2O5.C17H15ClN2O3.CH4O/c1-31(2)28(33)18-5-7-22(25(12-18)34-4)26-13-23-27(36-26)21(9-10-30-23)17-6-8-24(19(11-17)14-29)35-20-15-32(3)16-20;1-31(2)27(32)17-4-6-21(24(11-17)33-3)25-12-22-26(35-25)20(8-9-30-22)16-5-7-23(18(10-16)13-28)34-19-14-29-15-19;1-19(2,3)27-18(25)24-12-16(13-24)26-17-9-8-15(10-14(17)11-23)22-28-20(4,5)21(6,7)29-22;1-20(2)17(21)10-4-5-11(14(8-10)22-3)15-9-13-16(23-15)12(18)6-7-19-13;1-2/h5-13,20H,15-16H2,1-4H3;4-12,19,29H,14-15H2,1-3H3;8-10,16H,12-13H2,1-7H3;4-9H,1-3H3;2H,1H3. The van der Waals surface area contributed by atoms with Crippen molar-refractivity contribution in [3.05, 3.63) is 203 Å². The van der Waals surface area contributed by atoms with Gasteiger partial charge in [-0.2, -0.15) is 15.8 Å². The number of aliphatic hydroxyl groups is 1. The molecule has 29 nitrogen and oxygen atoms in total. The maximum Gasteiger partial charge on any atom is 0.494 e. The average Bonchev–Trinajstić information content (AvgIpc) is 1.67. The molecule has 0 atom stereocenters. The zero-order valence-corrected chi connectivity index (χ0v) is 73.7. The number of likely N-dealkylation sites (tertiary alicyclic amines) is 2. The predicted octanol–water partition coefficient (Wildman–Crippen LogP) is 14.9. The van der Waals surface area contributed by atoms with Crippen LogP contribution in [0.2, 0.25) is 5.02 Å². The van der Waals surface area contributed by atoms with E-state index >= 15 is 0 Å². The van der Waals surface area contributed by atoms with E-state index < -0.39 is 23.9 Å². The molecule has 2 N–H and O–H groups in total. The minimum absolute atomic E-state index is 0.0857. The average molecular weight is 1710 g/mol. The molecule has 4 aliphatic heterocycles. The van der Waals surface area contributed by atoms with Crippen LogP contribution in [0.15, 0.2) is 177 Å². The Hall–Kier alpha value is -13.5. The van der Waals surface area contributed by atoms with E-state index in [1.165, 1.54) is 14.7 Å². The number of aliphatic hydroxyl groups excluding tert-OH is 1. The Morgan fingerprint density at radius 3 is 1.22 bits per heavy atom. The van der Waals surface area contributed by atoms with Gasteiger partial charge in [0.05, 0.1) is 84.0 Å². The highest BCUT2D eigenvalue weighted by molar-refractivity contribution is 6.62. The summed E-state index contributed by atoms with van der Waals surface area (Å²) in [7, 11) is 17.4. The second-order valence-corrected chi connectivity index (χ2v) is 32.8. The Morgan fingerprint density at radius 1 is 0.488 bits per heavy atom. The summed E-state index contributed by atoms with van der Waals surface area (Å²) in [6, 6.07) is 49.8. The van der Waals surface area contributed by atoms with Gasteiger partial charge in [-0.15, -0.1) is 0 Å². The molecule has 10 heterocycles. The highest BCUT2D eigenvalue weighted by atomic mass is 35.5. The maximum absolute atomic E-state index is 12.4. The molecule has 0 spiro atoms. The molecule has 0 unspecified atom stereocenters. The molecule has 125 heavy (non-hydrogen) atoms. The monoisotopic (exact) mass is 1710 g/mol. The number of nitrogens with one attached hydrogen (secondary N) is 1. The summed E-state index contributed by atoms with van der Waals surface area (Å²) in [6.07, 6.45) is 4.72. The Bertz CT molecular complexity index is 6120. The summed E-state index contributed by atoms with van der Waals surface area (Å²) in [6.45, 7) is 17.6. The molecule has 31 heteroatoms. The van der Waals surface area contributed by atoms with E-state index in [2.05, 4.69) is 43.4 Å². The fourth-order valence-corrected chi connectivity index (χ4v) is 13.9. The van der Waals surface area contributed by atoms with Crippen LogP contribution in [0.3, 0.4) is 0 Å². The van der Waals surface area contributed by atoms with Crippen molar-refractivity contribution in [2.75, 3.05) is 117 Å². The normalized spacial score (nSPS) is 14.5. The van der Waals surface area contributed by atoms with E-state index in [-0.39, 0.29) is 42.1 Å². The topological polar surface area (TPSA) is 349 Å². The minimum atomic E-state index is -0.535. The molecule has 16 rings (SSSR count). The van der Waals surface area contributed by atoms with Crippen LogP contribution in [0, 0.1) is 34.0 Å². The van der Waals surface area contributed by atoms with Crippen LogP contribution in [-0.2, 0) is 14.0 Å². The molecule has 12 aromatic rings. The summed E-state index contributed by atoms with van der Waals surface area (Å²) >= 11 is 6.12. The number of benzene rings is 6. The van der Waals surface area contributed by atoms with Gasteiger partial charge in [0, 0.05) is 140 Å². The number of nitrogens with zero attached hydrogens (tertiary/aromatic N) is 11. The minimum Gasteiger partial charge on any atom is -0.496 e. The first kappa shape index (κ1) is 90.7. The summed E-state index contributed by atoms with van der Waals surface area (Å²) in [5.74, 6) is 4.65. The summed E-state index contributed by atoms with van der Waals surface area (Å²) in [5, 5.41) is 39.7. The van der Waals surface area contributed by atoms with Crippen LogP contribution in [0.4, 0.5) is 4.79 Å². The molecule has 0 bridgehead atoms. The lowest BCUT2D eigenvalue weighted by atomic mass is 9.78. The zero-order chi connectivity index (χ0) is 90.1. The molecule has 0 aliphatic carbocycles. The highest BCUT2D eigenvalue weighted by Gasteiger charge is 2.52. The Balaban J connectivity index is 0.000000153. The number of pyridine rings is 3. The van der Waals surface area contributed by atoms with Crippen molar-refractivity contribution in [1.82, 2.24) is 44.8 Å². The number of methoxy groups -OCH3 is 3. The molecular formula is C94H98BClN12O17. The second-order valence-electron chi connectivity index (χ2n) is 32.4. The van der Waals surface area contributed by atoms with Gasteiger partial charge in [-0.25, -0.2) is 4.79 Å². The molecule has 646 valence electrons. The van der Waals surface area contributed by atoms with Gasteiger partial charge >= 0.3 is 13.2 Å². The number of furan rings is 3. The molecule has 4 saturated heterocycles. The van der Waals surface area contributed by atoms with Gasteiger partial charge in [0.2, 0.25) is 0 Å². The summed E-state index contributed by atoms with van der Waals surface area (Å²) in [4.78, 5) is 70.3. The van der Waals surface area contributed by atoms with Crippen molar-refractivity contribution in [2.45, 2.75) is 83.6 Å². The molecule has 4 fully saturated rings. The Labute approximate surface area is 730 Å². The van der Waals surface area contributed by atoms with Gasteiger partial charge < -0.3 is 85.7 Å². The molecule has 4 aliphatic rings. The number of ether oxygens (including phenoxy) is 7. The van der Waals surface area contributed by atoms with Crippen LogP contribution in [0.5, 0.6) is 34.5 Å². The largest absolute Gasteiger partial charge is 0.496 e. The second kappa shape index (κ2) is 38.5. The maximum atomic E-state index is 12.4. The first-order valence-electron chi connectivity index (χ1n) is 40.0. The summed E-state index contributed by atoms with van der Waals surface area (Å²) < 4.78 is 70.2. The van der Waals surface area contributed by atoms with Crippen molar-refractivity contribution in [3.63, 3.8) is 0 Å². The lowest BCUT2D eigenvalue weighted by molar-refractivity contribution is -0.0222. The first-order valence-corrected chi connectivity index (χ1v) is 40.4. The number of nitriles is 3. The number of halogens is 1. The lowest BCUT2D eigenvalue weighted by Gasteiger charge is -2.39. The highest BCUT2D eigenvalue weighted by Crippen LogP contribution is 2.44. The number of aromatic nitrogens is 3. The number of carbonyl (C=O) groups excluding carboxylic acids is 4. The molecule has 6 aromatic carbocycles. The summed E-state index contributed by atoms with van der Waals surface area (Å²) in [5.41, 5.74) is 11.5. The molecule has 0 radical (unpaired) electrons. The van der Waals surface area contributed by atoms with E-state index in [1.807, 2.05) is 128 Å². The van der Waals surface area contributed by atoms with Crippen molar-refractivity contribution < 1.29 is 80.0 Å². The van der Waals surface area contributed by atoms with Crippen LogP contribution in [0.1, 0.15) is 96.2 Å². The number of carbonyl (C=O) groups is 4. The molecule has 6 aromatic heterocycles. The molecule has 4 amide bonds. The Morgan fingerprint density at radius 2 is 0.856 bits per heavy atom. The van der Waals surface area contributed by atoms with Crippen LogP contribution >= 0.6 is 11.6 Å². The van der Waals surface area contributed by atoms with Crippen molar-refractivity contribution >= 4 is 81.3 Å². The van der Waals surface area contributed by atoms with Gasteiger partial charge in [-0.1, -0.05) is 29.8 Å². The van der Waals surface area contributed by atoms with Crippen molar-refractivity contribution in [1.29, 1.82) is 15.8 Å². The SMILES string of the molecule is CC(C)(C)OC(=O)N1CC(Oc2ccc(B3OC(C)(C)C(C)(C)O3)cc2C#N)C1.CO.COc1cc(C(=O)N(C)C)ccc1-c1cc2nccc(-c3ccc(OC4CN(C)C4)c(C#N)c3)c2o1.COc1cc(C(=O)N(C)C)ccc1-c1cc2nccc(-c3ccc(OC4CNC4)c(C#N)c3)c2o1.COc1cc(C(=O)N(C)C)ccc1-c1cc2nccc(Cl)c2o1. The van der Waals surface area contributed by atoms with E-state index in [1.54, 1.807) is 160 Å². The third kappa shape index (κ3) is 20.4. The number of amides is 4. The fourth-order valence-electron chi connectivity index (χ4n) is 13.7. The van der Waals surface area contributed by atoms with Crippen LogP contribution < -0.4 is 39.2 Å². The van der Waals surface area contributed by atoms with E-state index in [4.69, 9.17) is 72.4 Å².